The number of aromatic hydroxyl groups is 1. The molecule has 3 N–H and O–H groups in total. The van der Waals surface area contributed by atoms with E-state index in [4.69, 9.17) is 95.4 Å². The quantitative estimate of drug-likeness (QED) is 0.0704. The van der Waals surface area contributed by atoms with Gasteiger partial charge in [0.25, 0.3) is 0 Å². The molecule has 4 bridgehead atoms. The van der Waals surface area contributed by atoms with Gasteiger partial charge in [-0.15, -0.1) is 0 Å². The van der Waals surface area contributed by atoms with Gasteiger partial charge in [0.15, 0.2) is 0 Å². The summed E-state index contributed by atoms with van der Waals surface area (Å²) in [6.07, 6.45) is 10.8. The molecule has 0 unspecified atom stereocenters. The maximum absolute atomic E-state index is 12.8. The van der Waals surface area contributed by atoms with E-state index in [2.05, 4.69) is 40.0 Å². The fraction of sp³-hybridized carbons (Fsp3) is 0.462. The van der Waals surface area contributed by atoms with Crippen LogP contribution in [0.5, 0.6) is 11.5 Å². The fourth-order valence-corrected chi connectivity index (χ4v) is 11.2. The van der Waals surface area contributed by atoms with Crippen molar-refractivity contribution < 1.29 is 48.0 Å². The van der Waals surface area contributed by atoms with Crippen molar-refractivity contribution >= 4 is 105 Å². The number of ether oxygens (including phenoxy) is 5. The Morgan fingerprint density at radius 1 is 0.606 bits per heavy atom. The monoisotopic (exact) mass is 1110 g/mol. The van der Waals surface area contributed by atoms with Crippen LogP contribution in [0.15, 0.2) is 97.1 Å². The van der Waals surface area contributed by atoms with E-state index in [0.29, 0.717) is 23.3 Å². The number of halogens is 7. The first-order valence-corrected chi connectivity index (χ1v) is 26.1. The van der Waals surface area contributed by atoms with Crippen molar-refractivity contribution in [1.82, 2.24) is 10.6 Å². The van der Waals surface area contributed by atoms with Gasteiger partial charge in [-0.1, -0.05) is 125 Å². The summed E-state index contributed by atoms with van der Waals surface area (Å²) in [7, 11) is 0. The van der Waals surface area contributed by atoms with E-state index in [-0.39, 0.29) is 42.2 Å². The number of carbonyl (C=O) groups excluding carboxylic acids is 4. The molecule has 4 aliphatic rings. The topological polar surface area (TPSA) is 159 Å². The number of phenolic OH excluding ortho intramolecular Hbond substituents is 1. The Morgan fingerprint density at radius 2 is 1.04 bits per heavy atom. The van der Waals surface area contributed by atoms with Crippen molar-refractivity contribution in [2.24, 2.45) is 11.8 Å². The lowest BCUT2D eigenvalue weighted by atomic mass is 9.59. The van der Waals surface area contributed by atoms with Crippen LogP contribution in [0.25, 0.3) is 0 Å². The number of carbonyl (C=O) groups is 4. The minimum atomic E-state index is -2.24. The second kappa shape index (κ2) is 25.3. The zero-order valence-electron chi connectivity index (χ0n) is 39.2. The summed E-state index contributed by atoms with van der Waals surface area (Å²) < 4.78 is 19.7. The first-order valence-electron chi connectivity index (χ1n) is 23.4. The SMILES string of the molecule is C[C@@]12CCCCC[C@@H](Cc3ccc(O)cc31)[C@@H]2NC(=O)OCc1ccccc1.C[C@@]12CCCCC[C@@H](Cc3ccc(OC(=O)Cl)cc31)[C@@H]2NC(=O)OCc1ccccc1.O=C(OC(Cl)(Cl)Cl)OC(Cl)(Cl)Cl. The first-order chi connectivity index (χ1) is 33.6. The van der Waals surface area contributed by atoms with E-state index in [9.17, 15) is 24.3 Å². The largest absolute Gasteiger partial charge is 0.515 e. The Bertz CT molecular complexity index is 2420. The molecule has 4 aliphatic carbocycles. The van der Waals surface area contributed by atoms with E-state index in [1.807, 2.05) is 78.9 Å². The Balaban J connectivity index is 0.000000191. The summed E-state index contributed by atoms with van der Waals surface area (Å²) in [6, 6.07) is 30.9. The molecular formula is C52H57Cl7N2O10. The summed E-state index contributed by atoms with van der Waals surface area (Å²) >= 11 is 35.6. The van der Waals surface area contributed by atoms with Gasteiger partial charge in [0.2, 0.25) is 0 Å². The highest BCUT2D eigenvalue weighted by molar-refractivity contribution is 6.67. The van der Waals surface area contributed by atoms with Crippen LogP contribution in [0.3, 0.4) is 0 Å². The highest BCUT2D eigenvalue weighted by Crippen LogP contribution is 2.49. The van der Waals surface area contributed by atoms with E-state index in [1.54, 1.807) is 12.1 Å². The molecular weight excluding hydrogens is 1060 g/mol. The van der Waals surface area contributed by atoms with E-state index in [0.717, 1.165) is 74.5 Å². The third kappa shape index (κ3) is 16.5. The smallest absolute Gasteiger partial charge is 0.508 e. The lowest BCUT2D eigenvalue weighted by molar-refractivity contribution is 0.0508. The van der Waals surface area contributed by atoms with Crippen molar-refractivity contribution in [2.45, 2.75) is 135 Å². The number of alkyl carbamates (subject to hydrolysis) is 2. The van der Waals surface area contributed by atoms with Crippen LogP contribution in [-0.2, 0) is 55.8 Å². The number of benzene rings is 4. The highest BCUT2D eigenvalue weighted by Gasteiger charge is 2.48. The molecule has 8 rings (SSSR count). The maximum atomic E-state index is 12.8. The number of alkyl halides is 6. The predicted octanol–water partition coefficient (Wildman–Crippen LogP) is 15.0. The normalized spacial score (nSPS) is 23.4. The summed E-state index contributed by atoms with van der Waals surface area (Å²) in [5, 5.41) is 16.5. The maximum Gasteiger partial charge on any atom is 0.515 e. The lowest BCUT2D eigenvalue weighted by Gasteiger charge is -2.49. The third-order valence-electron chi connectivity index (χ3n) is 13.8. The molecule has 12 nitrogen and oxygen atoms in total. The fourth-order valence-electron chi connectivity index (χ4n) is 10.7. The zero-order chi connectivity index (χ0) is 51.4. The van der Waals surface area contributed by atoms with Gasteiger partial charge in [0.05, 0.1) is 0 Å². The number of amides is 2. The Hall–Kier alpha value is -4.01. The van der Waals surface area contributed by atoms with Crippen LogP contribution in [0.1, 0.15) is 111 Å². The third-order valence-corrected chi connectivity index (χ3v) is 14.3. The zero-order valence-corrected chi connectivity index (χ0v) is 44.5. The van der Waals surface area contributed by atoms with Gasteiger partial charge < -0.3 is 39.4 Å². The molecule has 0 aliphatic heterocycles. The molecule has 71 heavy (non-hydrogen) atoms. The number of fused-ring (bicyclic) bond motifs is 8. The van der Waals surface area contributed by atoms with Crippen molar-refractivity contribution in [2.75, 3.05) is 0 Å². The van der Waals surface area contributed by atoms with E-state index in [1.165, 1.54) is 36.0 Å². The standard InChI is InChI=1S/C25H28ClNO4.C24H29NO3.C3Cl6O3/c1-25-13-7-3-6-10-19(14-18-11-12-20(15-21(18)25)31-23(26)28)22(25)27-24(29)30-16-17-8-4-2-5-9-17;1-24-13-7-3-6-10-19(14-18-11-12-20(26)15-21(18)24)22(24)25-23(27)28-16-17-8-4-2-5-9-17;4-2(5,6)11-1(10)12-3(7,8)9/h2,4-5,8-9,11-12,15,19,22H,3,6-7,10,13-14,16H2,1H3,(H,27,29);2,4-5,8-9,11-12,15,19,22,26H,3,6-7,10,13-14,16H2,1H3,(H,25,27);/t19-,22-,25+;19-,22-,24+;/m00./s1. The van der Waals surface area contributed by atoms with Gasteiger partial charge in [-0.05, 0) is 178 Å². The van der Waals surface area contributed by atoms with Crippen LogP contribution < -0.4 is 15.4 Å². The average Bonchev–Trinajstić information content (AvgIpc) is 3.29. The summed E-state index contributed by atoms with van der Waals surface area (Å²) in [5.41, 5.74) is 5.48. The van der Waals surface area contributed by atoms with Gasteiger partial charge in [-0.3, -0.25) is 0 Å². The van der Waals surface area contributed by atoms with Gasteiger partial charge in [-0.25, -0.2) is 19.2 Å². The van der Waals surface area contributed by atoms with Crippen molar-refractivity contribution in [3.63, 3.8) is 0 Å². The van der Waals surface area contributed by atoms with Crippen LogP contribution in [-0.4, -0.2) is 48.9 Å². The molecule has 0 radical (unpaired) electrons. The molecule has 2 saturated carbocycles. The molecule has 4 aromatic carbocycles. The molecule has 19 heteroatoms. The summed E-state index contributed by atoms with van der Waals surface area (Å²) in [6.45, 7) is 4.97. The number of rotatable bonds is 7. The van der Waals surface area contributed by atoms with E-state index >= 15 is 0 Å². The molecule has 0 spiro atoms. The molecule has 0 heterocycles. The molecule has 384 valence electrons. The molecule has 0 aromatic heterocycles. The van der Waals surface area contributed by atoms with Gasteiger partial charge in [-0.2, -0.15) is 0 Å². The first kappa shape index (κ1) is 56.3. The summed E-state index contributed by atoms with van der Waals surface area (Å²) in [5.74, 6) is 1.46. The molecule has 4 aromatic rings. The lowest BCUT2D eigenvalue weighted by Crippen LogP contribution is -2.57. The average molecular weight is 1120 g/mol. The Labute approximate surface area is 449 Å². The van der Waals surface area contributed by atoms with Crippen LogP contribution in [0.4, 0.5) is 19.2 Å². The number of hydrogen-bond acceptors (Lipinski definition) is 10. The van der Waals surface area contributed by atoms with Crippen LogP contribution >= 0.6 is 81.2 Å². The second-order valence-electron chi connectivity index (χ2n) is 18.7. The number of hydrogen-bond donors (Lipinski definition) is 3. The Kier molecular flexibility index (Phi) is 20.0. The van der Waals surface area contributed by atoms with Crippen molar-refractivity contribution in [3.05, 3.63) is 130 Å². The predicted molar refractivity (Wildman–Crippen MR) is 277 cm³/mol. The molecule has 6 atom stereocenters. The number of phenols is 1. The van der Waals surface area contributed by atoms with Gasteiger partial charge >= 0.3 is 31.7 Å². The molecule has 0 saturated heterocycles. The van der Waals surface area contributed by atoms with Gasteiger partial charge in [0, 0.05) is 34.5 Å². The van der Waals surface area contributed by atoms with Crippen LogP contribution in [0.2, 0.25) is 0 Å². The molecule has 2 amide bonds. The van der Waals surface area contributed by atoms with E-state index < -0.39 is 25.6 Å². The summed E-state index contributed by atoms with van der Waals surface area (Å²) in [4.78, 5) is 47.2. The second-order valence-corrected chi connectivity index (χ2v) is 23.3. The minimum absolute atomic E-state index is 0.0189. The number of nitrogens with one attached hydrogen (secondary N) is 2. The minimum Gasteiger partial charge on any atom is -0.508 e. The van der Waals surface area contributed by atoms with Gasteiger partial charge in [0.1, 0.15) is 24.7 Å². The van der Waals surface area contributed by atoms with Crippen molar-refractivity contribution in [3.8, 4) is 11.5 Å². The van der Waals surface area contributed by atoms with Crippen LogP contribution in [0, 0.1) is 11.8 Å². The van der Waals surface area contributed by atoms with Crippen molar-refractivity contribution in [1.29, 1.82) is 0 Å². The highest BCUT2D eigenvalue weighted by atomic mass is 35.6. The Morgan fingerprint density at radius 3 is 1.48 bits per heavy atom. The molecule has 2 fully saturated rings.